The van der Waals surface area contributed by atoms with Crippen LogP contribution in [0.1, 0.15) is 67.1 Å². The molecule has 2 rings (SSSR count). The van der Waals surface area contributed by atoms with Gasteiger partial charge >= 0.3 is 5.97 Å². The summed E-state index contributed by atoms with van der Waals surface area (Å²) in [7, 11) is 0. The van der Waals surface area contributed by atoms with Crippen LogP contribution in [0.4, 0.5) is 5.13 Å². The van der Waals surface area contributed by atoms with Crippen LogP contribution in [0, 0.1) is 5.41 Å². The molecule has 0 bridgehead atoms. The molecule has 1 unspecified atom stereocenters. The van der Waals surface area contributed by atoms with Gasteiger partial charge in [-0.15, -0.1) is 0 Å². The summed E-state index contributed by atoms with van der Waals surface area (Å²) in [6.45, 7) is 7.95. The topological polar surface area (TPSA) is 68.3 Å². The molecule has 1 N–H and O–H groups in total. The number of rotatable bonds is 5. The summed E-state index contributed by atoms with van der Waals surface area (Å²) < 4.78 is 4.96. The predicted molar refractivity (Wildman–Crippen MR) is 83.1 cm³/mol. The quantitative estimate of drug-likeness (QED) is 0.666. The van der Waals surface area contributed by atoms with E-state index in [1.54, 1.807) is 6.92 Å². The molecule has 1 atom stereocenters. The lowest BCUT2D eigenvalue weighted by atomic mass is 9.92. The van der Waals surface area contributed by atoms with Crippen LogP contribution >= 0.6 is 11.3 Å². The smallest absolute Gasteiger partial charge is 0.358 e. The van der Waals surface area contributed by atoms with Crippen molar-refractivity contribution in [1.82, 2.24) is 4.98 Å². The molecule has 1 aromatic rings. The summed E-state index contributed by atoms with van der Waals surface area (Å²) in [5.74, 6) is -0.686. The van der Waals surface area contributed by atoms with Crippen molar-refractivity contribution in [2.75, 3.05) is 11.9 Å². The minimum absolute atomic E-state index is 0.133. The number of hydrogen-bond donors (Lipinski definition) is 1. The van der Waals surface area contributed by atoms with Crippen LogP contribution in [0.25, 0.3) is 0 Å². The summed E-state index contributed by atoms with van der Waals surface area (Å²) in [5, 5.41) is 3.99. The van der Waals surface area contributed by atoms with Crippen LogP contribution < -0.4 is 5.32 Å². The second-order valence-electron chi connectivity index (χ2n) is 6.22. The molecule has 1 fully saturated rings. The van der Waals surface area contributed by atoms with Crippen molar-refractivity contribution in [3.8, 4) is 0 Å². The van der Waals surface area contributed by atoms with Gasteiger partial charge in [-0.1, -0.05) is 25.2 Å². The monoisotopic (exact) mass is 310 g/mol. The van der Waals surface area contributed by atoms with Crippen molar-refractivity contribution < 1.29 is 14.3 Å². The van der Waals surface area contributed by atoms with Gasteiger partial charge in [0.25, 0.3) is 0 Å². The third-order valence-corrected chi connectivity index (χ3v) is 4.80. The lowest BCUT2D eigenvalue weighted by Gasteiger charge is -2.17. The highest BCUT2D eigenvalue weighted by molar-refractivity contribution is 7.17. The van der Waals surface area contributed by atoms with Gasteiger partial charge < -0.3 is 10.1 Å². The summed E-state index contributed by atoms with van der Waals surface area (Å²) >= 11 is 1.24. The van der Waals surface area contributed by atoms with E-state index in [4.69, 9.17) is 4.74 Å². The molecule has 0 aromatic carbocycles. The van der Waals surface area contributed by atoms with E-state index in [0.29, 0.717) is 21.5 Å². The first kappa shape index (κ1) is 15.9. The van der Waals surface area contributed by atoms with Crippen molar-refractivity contribution >= 4 is 28.2 Å². The van der Waals surface area contributed by atoms with Gasteiger partial charge in [0.15, 0.2) is 16.6 Å². The zero-order chi connectivity index (χ0) is 15.6. The number of Topliss-reactive ketones (excluding diaryl/α,β-unsaturated/α-hetero) is 1. The van der Waals surface area contributed by atoms with Crippen LogP contribution in [0.5, 0.6) is 0 Å². The molecular formula is C15H22N2O3S. The van der Waals surface area contributed by atoms with Crippen molar-refractivity contribution in [1.29, 1.82) is 0 Å². The van der Waals surface area contributed by atoms with Crippen molar-refractivity contribution in [3.05, 3.63) is 10.6 Å². The van der Waals surface area contributed by atoms with E-state index < -0.39 is 5.97 Å². The molecular weight excluding hydrogens is 288 g/mol. The molecule has 1 heterocycles. The first-order valence-corrected chi connectivity index (χ1v) is 8.09. The lowest BCUT2D eigenvalue weighted by Crippen LogP contribution is -2.17. The van der Waals surface area contributed by atoms with E-state index in [-0.39, 0.29) is 18.1 Å². The molecule has 0 aliphatic heterocycles. The zero-order valence-electron chi connectivity index (χ0n) is 13.0. The highest BCUT2D eigenvalue weighted by Gasteiger charge is 2.32. The Bertz CT molecular complexity index is 551. The van der Waals surface area contributed by atoms with Crippen LogP contribution in [0.3, 0.4) is 0 Å². The summed E-state index contributed by atoms with van der Waals surface area (Å²) in [4.78, 5) is 28.2. The van der Waals surface area contributed by atoms with E-state index in [2.05, 4.69) is 24.1 Å². The minimum atomic E-state index is -0.529. The maximum atomic E-state index is 11.9. The van der Waals surface area contributed by atoms with Crippen LogP contribution in [0.2, 0.25) is 0 Å². The Balaban J connectivity index is 2.16. The fourth-order valence-electron chi connectivity index (χ4n) is 2.69. The molecule has 1 aliphatic rings. The fraction of sp³-hybridized carbons (Fsp3) is 0.667. The van der Waals surface area contributed by atoms with Crippen LogP contribution in [-0.2, 0) is 4.74 Å². The number of anilines is 1. The molecule has 5 nitrogen and oxygen atoms in total. The van der Waals surface area contributed by atoms with Crippen LogP contribution in [0.15, 0.2) is 0 Å². The fourth-order valence-corrected chi connectivity index (χ4v) is 3.62. The van der Waals surface area contributed by atoms with Crippen molar-refractivity contribution in [2.45, 2.75) is 53.0 Å². The van der Waals surface area contributed by atoms with E-state index in [1.807, 2.05) is 0 Å². The first-order chi connectivity index (χ1) is 9.82. The van der Waals surface area contributed by atoms with Gasteiger partial charge in [-0.05, 0) is 31.6 Å². The molecule has 21 heavy (non-hydrogen) atoms. The third kappa shape index (κ3) is 3.81. The summed E-state index contributed by atoms with van der Waals surface area (Å²) in [5.41, 5.74) is 0.469. The molecule has 1 aliphatic carbocycles. The number of thiazole rings is 1. The molecule has 6 heteroatoms. The van der Waals surface area contributed by atoms with Gasteiger partial charge in [-0.2, -0.15) is 0 Å². The Labute approximate surface area is 129 Å². The Morgan fingerprint density at radius 3 is 2.71 bits per heavy atom. The SMILES string of the molecule is CCOC(=O)c1nc(NC2CCC(C)(C)C2)sc1C(C)=O. The number of esters is 1. The number of nitrogens with zero attached hydrogens (tertiary/aromatic N) is 1. The molecule has 0 saturated heterocycles. The molecule has 0 amide bonds. The van der Waals surface area contributed by atoms with Crippen molar-refractivity contribution in [2.24, 2.45) is 5.41 Å². The molecule has 1 saturated carbocycles. The molecule has 0 spiro atoms. The summed E-state index contributed by atoms with van der Waals surface area (Å²) in [6, 6.07) is 0.348. The summed E-state index contributed by atoms with van der Waals surface area (Å²) in [6.07, 6.45) is 3.31. The Hall–Kier alpha value is -1.43. The van der Waals surface area contributed by atoms with Gasteiger partial charge in [-0.3, -0.25) is 4.79 Å². The number of aromatic nitrogens is 1. The van der Waals surface area contributed by atoms with Gasteiger partial charge in [0.2, 0.25) is 0 Å². The maximum absolute atomic E-state index is 11.9. The largest absolute Gasteiger partial charge is 0.461 e. The number of nitrogens with one attached hydrogen (secondary N) is 1. The Morgan fingerprint density at radius 1 is 1.48 bits per heavy atom. The average molecular weight is 310 g/mol. The highest BCUT2D eigenvalue weighted by Crippen LogP contribution is 2.39. The van der Waals surface area contributed by atoms with E-state index in [0.717, 1.165) is 12.8 Å². The second kappa shape index (κ2) is 6.13. The van der Waals surface area contributed by atoms with Gasteiger partial charge in [-0.25, -0.2) is 9.78 Å². The minimum Gasteiger partial charge on any atom is -0.461 e. The standard InChI is InChI=1S/C15H22N2O3S/c1-5-20-13(19)11-12(9(2)18)21-14(17-11)16-10-6-7-15(3,4)8-10/h10H,5-8H2,1-4H3,(H,16,17). The predicted octanol–water partition coefficient (Wildman–Crippen LogP) is 3.51. The van der Waals surface area contributed by atoms with Gasteiger partial charge in [0.05, 0.1) is 6.61 Å². The highest BCUT2D eigenvalue weighted by atomic mass is 32.1. The number of carbonyl (C=O) groups excluding carboxylic acids is 2. The Kier molecular flexibility index (Phi) is 4.66. The Morgan fingerprint density at radius 2 is 2.19 bits per heavy atom. The number of ether oxygens (including phenoxy) is 1. The maximum Gasteiger partial charge on any atom is 0.358 e. The average Bonchev–Trinajstić information content (AvgIpc) is 2.94. The first-order valence-electron chi connectivity index (χ1n) is 7.28. The zero-order valence-corrected chi connectivity index (χ0v) is 13.8. The molecule has 116 valence electrons. The second-order valence-corrected chi connectivity index (χ2v) is 7.22. The molecule has 0 radical (unpaired) electrons. The number of ketones is 1. The van der Waals surface area contributed by atoms with E-state index in [9.17, 15) is 9.59 Å². The van der Waals surface area contributed by atoms with Crippen molar-refractivity contribution in [3.63, 3.8) is 0 Å². The third-order valence-electron chi connectivity index (χ3n) is 3.71. The van der Waals surface area contributed by atoms with Gasteiger partial charge in [0.1, 0.15) is 4.88 Å². The number of carbonyl (C=O) groups is 2. The van der Waals surface area contributed by atoms with E-state index >= 15 is 0 Å². The number of hydrogen-bond acceptors (Lipinski definition) is 6. The van der Waals surface area contributed by atoms with Crippen LogP contribution in [-0.4, -0.2) is 29.4 Å². The van der Waals surface area contributed by atoms with E-state index in [1.165, 1.54) is 24.7 Å². The lowest BCUT2D eigenvalue weighted by molar-refractivity contribution is 0.0517. The van der Waals surface area contributed by atoms with Gasteiger partial charge in [0, 0.05) is 13.0 Å². The normalized spacial score (nSPS) is 20.3. The molecule has 1 aromatic heterocycles.